The molecule has 1 aromatic rings. The topological polar surface area (TPSA) is 53.5 Å². The minimum atomic E-state index is -0.248. The zero-order valence-corrected chi connectivity index (χ0v) is 13.7. The van der Waals surface area contributed by atoms with E-state index in [9.17, 15) is 4.79 Å². The van der Waals surface area contributed by atoms with Gasteiger partial charge in [-0.1, -0.05) is 24.8 Å². The molecule has 0 aliphatic heterocycles. The molecule has 0 bridgehead atoms. The third-order valence-corrected chi connectivity index (χ3v) is 2.98. The van der Waals surface area contributed by atoms with Crippen LogP contribution in [0.25, 0.3) is 0 Å². The van der Waals surface area contributed by atoms with Gasteiger partial charge in [-0.3, -0.25) is 4.79 Å². The van der Waals surface area contributed by atoms with E-state index in [0.717, 1.165) is 22.8 Å². The van der Waals surface area contributed by atoms with Crippen LogP contribution in [-0.4, -0.2) is 11.7 Å². The number of benzene rings is 1. The third kappa shape index (κ3) is 5.40. The second-order valence-corrected chi connectivity index (χ2v) is 5.23. The van der Waals surface area contributed by atoms with E-state index in [-0.39, 0.29) is 5.91 Å². The number of allylic oxidation sites excluding steroid dienone is 2. The largest absolute Gasteiger partial charge is 0.344 e. The Kier molecular flexibility index (Phi) is 6.32. The SMILES string of the molecule is C=CC(=O)Nc1cccc(N=C(NC(=C)C)C(C)=C(C)C)c1. The van der Waals surface area contributed by atoms with Crippen LogP contribution in [0.2, 0.25) is 0 Å². The standard InChI is InChI=1S/C18H23N3O/c1-7-17(22)20-15-9-8-10-16(11-15)21-18(19-13(4)5)14(6)12(2)3/h7-11H,1,4H2,2-3,5-6H3,(H,19,21)(H,20,22). The van der Waals surface area contributed by atoms with E-state index in [1.165, 1.54) is 11.6 Å². The van der Waals surface area contributed by atoms with E-state index >= 15 is 0 Å². The Morgan fingerprint density at radius 1 is 1.23 bits per heavy atom. The Bertz CT molecular complexity index is 650. The summed E-state index contributed by atoms with van der Waals surface area (Å²) in [4.78, 5) is 16.0. The molecule has 0 fully saturated rings. The van der Waals surface area contributed by atoms with Crippen molar-refractivity contribution in [3.8, 4) is 0 Å². The summed E-state index contributed by atoms with van der Waals surface area (Å²) >= 11 is 0. The molecule has 1 rings (SSSR count). The molecule has 4 nitrogen and oxygen atoms in total. The fraction of sp³-hybridized carbons (Fsp3) is 0.222. The highest BCUT2D eigenvalue weighted by atomic mass is 16.1. The van der Waals surface area contributed by atoms with Crippen molar-refractivity contribution in [3.63, 3.8) is 0 Å². The molecule has 0 spiro atoms. The number of hydrogen-bond donors (Lipinski definition) is 2. The van der Waals surface area contributed by atoms with Gasteiger partial charge in [-0.05, 0) is 57.5 Å². The first kappa shape index (κ1) is 17.4. The number of hydrogen-bond acceptors (Lipinski definition) is 2. The van der Waals surface area contributed by atoms with Gasteiger partial charge in [0.15, 0.2) is 0 Å². The number of nitrogens with zero attached hydrogens (tertiary/aromatic N) is 1. The lowest BCUT2D eigenvalue weighted by Gasteiger charge is -2.12. The number of rotatable bonds is 5. The summed E-state index contributed by atoms with van der Waals surface area (Å²) in [6, 6.07) is 7.33. The average molecular weight is 297 g/mol. The minimum absolute atomic E-state index is 0.248. The monoisotopic (exact) mass is 297 g/mol. The van der Waals surface area contributed by atoms with Crippen LogP contribution in [0.1, 0.15) is 27.7 Å². The molecule has 2 N–H and O–H groups in total. The predicted octanol–water partition coefficient (Wildman–Crippen LogP) is 4.32. The van der Waals surface area contributed by atoms with Gasteiger partial charge in [0.25, 0.3) is 0 Å². The van der Waals surface area contributed by atoms with Crippen LogP contribution in [0.5, 0.6) is 0 Å². The quantitative estimate of drug-likeness (QED) is 0.483. The van der Waals surface area contributed by atoms with Gasteiger partial charge in [0.2, 0.25) is 5.91 Å². The summed E-state index contributed by atoms with van der Waals surface area (Å²) in [5.74, 6) is 0.501. The minimum Gasteiger partial charge on any atom is -0.344 e. The smallest absolute Gasteiger partial charge is 0.247 e. The molecule has 0 atom stereocenters. The van der Waals surface area contributed by atoms with Gasteiger partial charge >= 0.3 is 0 Å². The Labute approximate surface area is 132 Å². The van der Waals surface area contributed by atoms with Crippen LogP contribution < -0.4 is 10.6 Å². The second kappa shape index (κ2) is 7.98. The zero-order chi connectivity index (χ0) is 16.7. The highest BCUT2D eigenvalue weighted by Gasteiger charge is 2.05. The molecule has 116 valence electrons. The maximum atomic E-state index is 11.4. The number of amidine groups is 1. The lowest BCUT2D eigenvalue weighted by atomic mass is 10.1. The van der Waals surface area contributed by atoms with Crippen LogP contribution in [-0.2, 0) is 4.79 Å². The highest BCUT2D eigenvalue weighted by molar-refractivity contribution is 6.01. The van der Waals surface area contributed by atoms with Crippen LogP contribution in [0, 0.1) is 0 Å². The molecule has 0 saturated carbocycles. The zero-order valence-electron chi connectivity index (χ0n) is 13.7. The van der Waals surface area contributed by atoms with Gasteiger partial charge in [0.05, 0.1) is 5.69 Å². The maximum Gasteiger partial charge on any atom is 0.247 e. The maximum absolute atomic E-state index is 11.4. The molecular formula is C18H23N3O. The predicted molar refractivity (Wildman–Crippen MR) is 94.4 cm³/mol. The number of aliphatic imine (C=N–C) groups is 1. The van der Waals surface area contributed by atoms with Gasteiger partial charge in [0.1, 0.15) is 5.84 Å². The van der Waals surface area contributed by atoms with Crippen molar-refractivity contribution in [1.82, 2.24) is 5.32 Å². The Balaban J connectivity index is 3.17. The van der Waals surface area contributed by atoms with Crippen molar-refractivity contribution in [2.75, 3.05) is 5.32 Å². The summed E-state index contributed by atoms with van der Waals surface area (Å²) in [5.41, 5.74) is 4.46. The molecule has 0 aliphatic carbocycles. The fourth-order valence-corrected chi connectivity index (χ4v) is 1.62. The number of carbonyl (C=O) groups excluding carboxylic acids is 1. The van der Waals surface area contributed by atoms with Gasteiger partial charge in [-0.15, -0.1) is 0 Å². The van der Waals surface area contributed by atoms with Crippen molar-refractivity contribution >= 4 is 23.1 Å². The molecule has 0 aliphatic rings. The number of amides is 1. The summed E-state index contributed by atoms with van der Waals surface area (Å²) in [7, 11) is 0. The van der Waals surface area contributed by atoms with Gasteiger partial charge in [0, 0.05) is 11.4 Å². The third-order valence-electron chi connectivity index (χ3n) is 2.98. The fourth-order valence-electron chi connectivity index (χ4n) is 1.62. The molecule has 0 saturated heterocycles. The summed E-state index contributed by atoms with van der Waals surface area (Å²) in [6.45, 7) is 15.3. The molecule has 0 heterocycles. The Hall–Kier alpha value is -2.62. The van der Waals surface area contributed by atoms with Crippen molar-refractivity contribution in [2.45, 2.75) is 27.7 Å². The first-order valence-corrected chi connectivity index (χ1v) is 7.02. The molecule has 1 aromatic carbocycles. The second-order valence-electron chi connectivity index (χ2n) is 5.23. The lowest BCUT2D eigenvalue weighted by molar-refractivity contribution is -0.111. The van der Waals surface area contributed by atoms with E-state index in [1.54, 1.807) is 12.1 Å². The summed E-state index contributed by atoms with van der Waals surface area (Å²) in [5, 5.41) is 5.90. The highest BCUT2D eigenvalue weighted by Crippen LogP contribution is 2.19. The summed E-state index contributed by atoms with van der Waals surface area (Å²) in [6.07, 6.45) is 1.23. The number of nitrogens with one attached hydrogen (secondary N) is 2. The van der Waals surface area contributed by atoms with E-state index in [0.29, 0.717) is 5.69 Å². The van der Waals surface area contributed by atoms with E-state index in [4.69, 9.17) is 0 Å². The normalized spacial score (nSPS) is 10.6. The van der Waals surface area contributed by atoms with E-state index < -0.39 is 0 Å². The van der Waals surface area contributed by atoms with Crippen LogP contribution in [0.15, 0.2) is 65.3 Å². The molecular weight excluding hydrogens is 274 g/mol. The summed E-state index contributed by atoms with van der Waals surface area (Å²) < 4.78 is 0. The van der Waals surface area contributed by atoms with E-state index in [2.05, 4.69) is 28.8 Å². The van der Waals surface area contributed by atoms with Crippen LogP contribution in [0.4, 0.5) is 11.4 Å². The molecule has 0 radical (unpaired) electrons. The van der Waals surface area contributed by atoms with Crippen molar-refractivity contribution in [2.24, 2.45) is 4.99 Å². The molecule has 4 heteroatoms. The molecule has 0 unspecified atom stereocenters. The van der Waals surface area contributed by atoms with E-state index in [1.807, 2.05) is 39.8 Å². The Morgan fingerprint density at radius 2 is 1.91 bits per heavy atom. The number of carbonyl (C=O) groups is 1. The van der Waals surface area contributed by atoms with Crippen molar-refractivity contribution in [3.05, 3.63) is 60.3 Å². The van der Waals surface area contributed by atoms with Gasteiger partial charge in [-0.2, -0.15) is 0 Å². The van der Waals surface area contributed by atoms with Gasteiger partial charge < -0.3 is 10.6 Å². The Morgan fingerprint density at radius 3 is 2.45 bits per heavy atom. The van der Waals surface area contributed by atoms with Crippen molar-refractivity contribution < 1.29 is 4.79 Å². The molecule has 22 heavy (non-hydrogen) atoms. The van der Waals surface area contributed by atoms with Crippen LogP contribution in [0.3, 0.4) is 0 Å². The van der Waals surface area contributed by atoms with Crippen molar-refractivity contribution in [1.29, 1.82) is 0 Å². The first-order valence-electron chi connectivity index (χ1n) is 7.02. The van der Waals surface area contributed by atoms with Crippen LogP contribution >= 0.6 is 0 Å². The molecule has 0 aromatic heterocycles. The lowest BCUT2D eigenvalue weighted by Crippen LogP contribution is -2.22. The average Bonchev–Trinajstić information content (AvgIpc) is 2.45. The number of anilines is 1. The first-order chi connectivity index (χ1) is 10.3. The molecule has 1 amide bonds. The van der Waals surface area contributed by atoms with Gasteiger partial charge in [-0.25, -0.2) is 4.99 Å².